The molecule has 0 aliphatic heterocycles. The van der Waals surface area contributed by atoms with Crippen LogP contribution >= 0.6 is 24.0 Å². The molecule has 0 unspecified atom stereocenters. The van der Waals surface area contributed by atoms with Crippen molar-refractivity contribution < 1.29 is 14.3 Å². The number of guanidine groups is 1. The molecule has 0 saturated heterocycles. The lowest BCUT2D eigenvalue weighted by Crippen LogP contribution is -2.39. The molecule has 1 aromatic rings. The number of amides is 1. The molecule has 8 heteroatoms. The maximum Gasteiger partial charge on any atom is 0.221 e. The predicted octanol–water partition coefficient (Wildman–Crippen LogP) is 3.54. The maximum atomic E-state index is 12.1. The number of anilines is 1. The number of methoxy groups -OCH3 is 1. The van der Waals surface area contributed by atoms with Gasteiger partial charge in [-0.1, -0.05) is 19.3 Å². The Bertz CT molecular complexity index is 634. The van der Waals surface area contributed by atoms with Crippen LogP contribution in [0.1, 0.15) is 45.4 Å². The van der Waals surface area contributed by atoms with Gasteiger partial charge in [-0.2, -0.15) is 0 Å². The molecule has 3 N–H and O–H groups in total. The lowest BCUT2D eigenvalue weighted by atomic mass is 9.95. The summed E-state index contributed by atoms with van der Waals surface area (Å²) in [5.74, 6) is 2.05. The zero-order valence-corrected chi connectivity index (χ0v) is 19.4. The van der Waals surface area contributed by atoms with E-state index in [1.807, 2.05) is 25.1 Å². The molecule has 158 valence electrons. The minimum Gasteiger partial charge on any atom is -0.493 e. The Balaban J connectivity index is 0.00000392. The fourth-order valence-corrected chi connectivity index (χ4v) is 3.18. The van der Waals surface area contributed by atoms with E-state index in [1.54, 1.807) is 14.2 Å². The summed E-state index contributed by atoms with van der Waals surface area (Å²) in [7, 11) is 3.31. The van der Waals surface area contributed by atoms with Gasteiger partial charge in [0, 0.05) is 37.8 Å². The molecule has 0 spiro atoms. The third-order valence-corrected chi connectivity index (χ3v) is 4.56. The third-order valence-electron chi connectivity index (χ3n) is 4.56. The molecule has 0 atom stereocenters. The number of benzene rings is 1. The van der Waals surface area contributed by atoms with E-state index in [0.717, 1.165) is 18.5 Å². The maximum absolute atomic E-state index is 12.1. The molecular weight excluding hydrogens is 471 g/mol. The number of ether oxygens (including phenoxy) is 2. The highest BCUT2D eigenvalue weighted by molar-refractivity contribution is 14.0. The van der Waals surface area contributed by atoms with Crippen LogP contribution < -0.4 is 25.4 Å². The lowest BCUT2D eigenvalue weighted by molar-refractivity contribution is -0.121. The van der Waals surface area contributed by atoms with Gasteiger partial charge in [-0.15, -0.1) is 24.0 Å². The SMILES string of the molecule is CCOc1ccc(NC(=NC)NCCC(=O)NC2CCCCC2)cc1OC.I. The number of rotatable bonds is 8. The van der Waals surface area contributed by atoms with Crippen molar-refractivity contribution in [1.29, 1.82) is 0 Å². The second-order valence-corrected chi connectivity index (χ2v) is 6.58. The number of aliphatic imine (C=N–C) groups is 1. The molecule has 0 radical (unpaired) electrons. The number of halogens is 1. The Labute approximate surface area is 185 Å². The van der Waals surface area contributed by atoms with Gasteiger partial charge in [0.15, 0.2) is 17.5 Å². The van der Waals surface area contributed by atoms with Crippen LogP contribution in [0.5, 0.6) is 11.5 Å². The molecule has 0 bridgehead atoms. The van der Waals surface area contributed by atoms with E-state index in [-0.39, 0.29) is 29.9 Å². The van der Waals surface area contributed by atoms with Crippen LogP contribution in [-0.2, 0) is 4.79 Å². The normalized spacial score (nSPS) is 14.6. The number of nitrogens with one attached hydrogen (secondary N) is 3. The highest BCUT2D eigenvalue weighted by Crippen LogP contribution is 2.30. The van der Waals surface area contributed by atoms with Crippen molar-refractivity contribution in [3.63, 3.8) is 0 Å². The van der Waals surface area contributed by atoms with Crippen molar-refractivity contribution >= 4 is 41.5 Å². The van der Waals surface area contributed by atoms with Crippen molar-refractivity contribution in [1.82, 2.24) is 10.6 Å². The van der Waals surface area contributed by atoms with Crippen molar-refractivity contribution in [2.75, 3.05) is 32.6 Å². The van der Waals surface area contributed by atoms with E-state index in [4.69, 9.17) is 9.47 Å². The van der Waals surface area contributed by atoms with E-state index in [0.29, 0.717) is 43.1 Å². The summed E-state index contributed by atoms with van der Waals surface area (Å²) >= 11 is 0. The average Bonchev–Trinajstić information content (AvgIpc) is 2.69. The van der Waals surface area contributed by atoms with Crippen molar-refractivity contribution in [3.05, 3.63) is 18.2 Å². The summed E-state index contributed by atoms with van der Waals surface area (Å²) in [6, 6.07) is 5.96. The first kappa shape index (κ1) is 24.3. The van der Waals surface area contributed by atoms with Gasteiger partial charge in [0.1, 0.15) is 0 Å². The van der Waals surface area contributed by atoms with Gasteiger partial charge < -0.3 is 25.4 Å². The first-order valence-electron chi connectivity index (χ1n) is 9.74. The number of hydrogen-bond donors (Lipinski definition) is 3. The van der Waals surface area contributed by atoms with Gasteiger partial charge in [-0.05, 0) is 31.9 Å². The number of hydrogen-bond acceptors (Lipinski definition) is 4. The highest BCUT2D eigenvalue weighted by atomic mass is 127. The largest absolute Gasteiger partial charge is 0.493 e. The van der Waals surface area contributed by atoms with Crippen molar-refractivity contribution in [2.24, 2.45) is 4.99 Å². The van der Waals surface area contributed by atoms with Crippen molar-refractivity contribution in [2.45, 2.75) is 51.5 Å². The Kier molecular flexibility index (Phi) is 11.7. The highest BCUT2D eigenvalue weighted by Gasteiger charge is 2.15. The van der Waals surface area contributed by atoms with E-state index < -0.39 is 0 Å². The van der Waals surface area contributed by atoms with Gasteiger partial charge in [0.2, 0.25) is 5.91 Å². The number of carbonyl (C=O) groups is 1. The molecule has 0 aromatic heterocycles. The molecule has 0 heterocycles. The molecule has 28 heavy (non-hydrogen) atoms. The summed E-state index contributed by atoms with van der Waals surface area (Å²) in [5, 5.41) is 9.49. The van der Waals surface area contributed by atoms with Gasteiger partial charge in [0.05, 0.1) is 13.7 Å². The molecule has 7 nitrogen and oxygen atoms in total. The summed E-state index contributed by atoms with van der Waals surface area (Å²) in [5.41, 5.74) is 0.829. The fourth-order valence-electron chi connectivity index (χ4n) is 3.18. The summed E-state index contributed by atoms with van der Waals surface area (Å²) < 4.78 is 10.9. The lowest BCUT2D eigenvalue weighted by Gasteiger charge is -2.22. The molecule has 1 aliphatic carbocycles. The molecule has 1 fully saturated rings. The third kappa shape index (κ3) is 8.12. The number of nitrogens with zero attached hydrogens (tertiary/aromatic N) is 1. The minimum atomic E-state index is 0. The van der Waals surface area contributed by atoms with Crippen LogP contribution in [0.15, 0.2) is 23.2 Å². The van der Waals surface area contributed by atoms with Crippen LogP contribution in [0.4, 0.5) is 5.69 Å². The Morgan fingerprint density at radius 2 is 1.96 bits per heavy atom. The van der Waals surface area contributed by atoms with Crippen molar-refractivity contribution in [3.8, 4) is 11.5 Å². The predicted molar refractivity (Wildman–Crippen MR) is 124 cm³/mol. The smallest absolute Gasteiger partial charge is 0.221 e. The van der Waals surface area contributed by atoms with Crippen LogP contribution in [-0.4, -0.2) is 45.2 Å². The summed E-state index contributed by atoms with van der Waals surface area (Å²) in [6.07, 6.45) is 6.33. The molecule has 1 saturated carbocycles. The Morgan fingerprint density at radius 1 is 1.21 bits per heavy atom. The second kappa shape index (κ2) is 13.5. The van der Waals surface area contributed by atoms with Crippen LogP contribution in [0.3, 0.4) is 0 Å². The first-order valence-corrected chi connectivity index (χ1v) is 9.74. The molecule has 1 aromatic carbocycles. The zero-order chi connectivity index (χ0) is 19.5. The van der Waals surface area contributed by atoms with Gasteiger partial charge in [-0.25, -0.2) is 0 Å². The van der Waals surface area contributed by atoms with Crippen LogP contribution in [0.25, 0.3) is 0 Å². The fraction of sp³-hybridized carbons (Fsp3) is 0.600. The van der Waals surface area contributed by atoms with Gasteiger partial charge in [-0.3, -0.25) is 9.79 Å². The van der Waals surface area contributed by atoms with E-state index >= 15 is 0 Å². The van der Waals surface area contributed by atoms with Gasteiger partial charge >= 0.3 is 0 Å². The topological polar surface area (TPSA) is 84.0 Å². The number of carbonyl (C=O) groups excluding carboxylic acids is 1. The molecule has 1 aliphatic rings. The second-order valence-electron chi connectivity index (χ2n) is 6.58. The van der Waals surface area contributed by atoms with Gasteiger partial charge in [0.25, 0.3) is 0 Å². The summed E-state index contributed by atoms with van der Waals surface area (Å²) in [4.78, 5) is 16.3. The van der Waals surface area contributed by atoms with Crippen LogP contribution in [0, 0.1) is 0 Å². The first-order chi connectivity index (χ1) is 13.2. The standard InChI is InChI=1S/C20H32N4O3.HI/c1-4-27-17-11-10-16(14-18(17)26-3)24-20(21-2)22-13-12-19(25)23-15-8-6-5-7-9-15;/h10-11,14-15H,4-9,12-13H2,1-3H3,(H,23,25)(H2,21,22,24);1H. The Hall–Kier alpha value is -1.71. The quantitative estimate of drug-likeness (QED) is 0.287. The minimum absolute atomic E-state index is 0. The van der Waals surface area contributed by atoms with E-state index in [2.05, 4.69) is 20.9 Å². The molecule has 2 rings (SSSR count). The zero-order valence-electron chi connectivity index (χ0n) is 17.0. The van der Waals surface area contributed by atoms with E-state index in [9.17, 15) is 4.79 Å². The average molecular weight is 504 g/mol. The molecule has 1 amide bonds. The summed E-state index contributed by atoms with van der Waals surface area (Å²) in [6.45, 7) is 3.03. The molecular formula is C20H33IN4O3. The monoisotopic (exact) mass is 504 g/mol. The van der Waals surface area contributed by atoms with Crippen LogP contribution in [0.2, 0.25) is 0 Å². The van der Waals surface area contributed by atoms with E-state index in [1.165, 1.54) is 19.3 Å². The Morgan fingerprint density at radius 3 is 2.61 bits per heavy atom.